The van der Waals surface area contributed by atoms with Gasteiger partial charge in [-0.2, -0.15) is 9.97 Å². The van der Waals surface area contributed by atoms with E-state index in [1.165, 1.54) is 0 Å². The SMILES string of the molecule is CC1COCCN1c1nc(N2CCOCC2C)c2nc(-c3ccccn3)n(C3CCCCO3)c2n1. The Morgan fingerprint density at radius 3 is 2.37 bits per heavy atom. The number of pyridine rings is 1. The van der Waals surface area contributed by atoms with E-state index in [9.17, 15) is 0 Å². The van der Waals surface area contributed by atoms with Gasteiger partial charge in [-0.05, 0) is 45.2 Å². The third kappa shape index (κ3) is 4.23. The van der Waals surface area contributed by atoms with Gasteiger partial charge in [0.15, 0.2) is 22.8 Å². The van der Waals surface area contributed by atoms with Crippen LogP contribution in [0.1, 0.15) is 39.3 Å². The minimum Gasteiger partial charge on any atom is -0.377 e. The maximum absolute atomic E-state index is 6.27. The standard InChI is InChI=1S/C25H33N7O3/c1-17-15-33-13-10-30(17)23-21-24(29-25(28-23)31-11-14-34-16-18(31)2)32(20-8-4-6-12-35-20)22(27-21)19-7-3-5-9-26-19/h3,5,7,9,17-18,20H,4,6,8,10-16H2,1-2H3. The van der Waals surface area contributed by atoms with E-state index in [-0.39, 0.29) is 18.3 Å². The van der Waals surface area contributed by atoms with E-state index in [1.807, 2.05) is 18.2 Å². The quantitative estimate of drug-likeness (QED) is 0.560. The van der Waals surface area contributed by atoms with Crippen LogP contribution in [0.4, 0.5) is 11.8 Å². The summed E-state index contributed by atoms with van der Waals surface area (Å²) in [5.41, 5.74) is 2.40. The number of anilines is 2. The van der Waals surface area contributed by atoms with E-state index in [0.717, 1.165) is 67.5 Å². The summed E-state index contributed by atoms with van der Waals surface area (Å²) >= 11 is 0. The minimum absolute atomic E-state index is 0.134. The molecule has 3 aromatic rings. The fourth-order valence-electron chi connectivity index (χ4n) is 5.22. The first-order valence-electron chi connectivity index (χ1n) is 12.7. The average molecular weight is 480 g/mol. The van der Waals surface area contributed by atoms with Crippen LogP contribution in [0.15, 0.2) is 24.4 Å². The summed E-state index contributed by atoms with van der Waals surface area (Å²) in [7, 11) is 0. The molecule has 6 rings (SSSR count). The number of imidazole rings is 1. The van der Waals surface area contributed by atoms with Gasteiger partial charge in [-0.25, -0.2) is 4.98 Å². The monoisotopic (exact) mass is 479 g/mol. The zero-order valence-electron chi connectivity index (χ0n) is 20.5. The predicted octanol–water partition coefficient (Wildman–Crippen LogP) is 3.04. The van der Waals surface area contributed by atoms with Crippen LogP contribution >= 0.6 is 0 Å². The molecule has 0 amide bonds. The van der Waals surface area contributed by atoms with Gasteiger partial charge in [0.2, 0.25) is 5.95 Å². The molecule has 3 atom stereocenters. The van der Waals surface area contributed by atoms with Crippen molar-refractivity contribution in [2.24, 2.45) is 0 Å². The second-order valence-corrected chi connectivity index (χ2v) is 9.60. The summed E-state index contributed by atoms with van der Waals surface area (Å²) < 4.78 is 19.9. The van der Waals surface area contributed by atoms with Gasteiger partial charge in [0.05, 0.1) is 38.5 Å². The molecule has 3 fully saturated rings. The van der Waals surface area contributed by atoms with Crippen molar-refractivity contribution in [2.75, 3.05) is 55.9 Å². The fourth-order valence-corrected chi connectivity index (χ4v) is 5.22. The van der Waals surface area contributed by atoms with Crippen LogP contribution in [0.25, 0.3) is 22.7 Å². The highest BCUT2D eigenvalue weighted by molar-refractivity contribution is 5.88. The Hall–Kier alpha value is -2.82. The third-order valence-corrected chi connectivity index (χ3v) is 7.11. The number of hydrogen-bond acceptors (Lipinski definition) is 9. The van der Waals surface area contributed by atoms with Crippen molar-refractivity contribution in [1.82, 2.24) is 24.5 Å². The second-order valence-electron chi connectivity index (χ2n) is 9.60. The molecule has 3 unspecified atom stereocenters. The molecule has 3 aliphatic rings. The summed E-state index contributed by atoms with van der Waals surface area (Å²) in [4.78, 5) is 24.6. The van der Waals surface area contributed by atoms with Crippen LogP contribution in [0.5, 0.6) is 0 Å². The number of nitrogens with zero attached hydrogens (tertiary/aromatic N) is 7. The van der Waals surface area contributed by atoms with E-state index in [0.29, 0.717) is 32.4 Å². The maximum Gasteiger partial charge on any atom is 0.229 e. The zero-order valence-corrected chi connectivity index (χ0v) is 20.5. The number of rotatable bonds is 4. The first-order chi connectivity index (χ1) is 17.2. The number of fused-ring (bicyclic) bond motifs is 1. The molecule has 0 aromatic carbocycles. The Morgan fingerprint density at radius 2 is 1.69 bits per heavy atom. The van der Waals surface area contributed by atoms with Gasteiger partial charge in [0.1, 0.15) is 11.9 Å². The normalized spacial score (nSPS) is 25.8. The molecule has 6 heterocycles. The van der Waals surface area contributed by atoms with E-state index in [2.05, 4.69) is 33.2 Å². The Bertz CT molecular complexity index is 1160. The Balaban J connectivity index is 1.59. The topological polar surface area (TPSA) is 90.7 Å². The van der Waals surface area contributed by atoms with Gasteiger partial charge >= 0.3 is 0 Å². The first kappa shape index (κ1) is 22.6. The Labute approximate surface area is 205 Å². The molecule has 0 aliphatic carbocycles. The van der Waals surface area contributed by atoms with E-state index in [1.54, 1.807) is 6.20 Å². The van der Waals surface area contributed by atoms with Crippen molar-refractivity contribution in [3.05, 3.63) is 24.4 Å². The van der Waals surface area contributed by atoms with Gasteiger partial charge in [0, 0.05) is 25.9 Å². The smallest absolute Gasteiger partial charge is 0.229 e. The molecule has 0 bridgehead atoms. The van der Waals surface area contributed by atoms with Crippen molar-refractivity contribution in [3.63, 3.8) is 0 Å². The molecule has 0 spiro atoms. The summed E-state index contributed by atoms with van der Waals surface area (Å²) in [6.07, 6.45) is 4.77. The van der Waals surface area contributed by atoms with E-state index in [4.69, 9.17) is 29.2 Å². The molecule has 0 N–H and O–H groups in total. The van der Waals surface area contributed by atoms with Crippen molar-refractivity contribution in [1.29, 1.82) is 0 Å². The molecular formula is C25H33N7O3. The molecule has 10 nitrogen and oxygen atoms in total. The van der Waals surface area contributed by atoms with Crippen LogP contribution in [-0.4, -0.2) is 82.7 Å². The molecule has 3 aromatic heterocycles. The van der Waals surface area contributed by atoms with Gasteiger partial charge in [0.25, 0.3) is 0 Å². The molecular weight excluding hydrogens is 446 g/mol. The predicted molar refractivity (Wildman–Crippen MR) is 133 cm³/mol. The van der Waals surface area contributed by atoms with Gasteiger partial charge in [-0.15, -0.1) is 0 Å². The molecule has 3 saturated heterocycles. The van der Waals surface area contributed by atoms with Crippen LogP contribution in [0.3, 0.4) is 0 Å². The molecule has 10 heteroatoms. The van der Waals surface area contributed by atoms with Gasteiger partial charge in [-0.3, -0.25) is 9.55 Å². The Morgan fingerprint density at radius 1 is 0.886 bits per heavy atom. The van der Waals surface area contributed by atoms with Crippen LogP contribution in [0, 0.1) is 0 Å². The third-order valence-electron chi connectivity index (χ3n) is 7.11. The fraction of sp³-hybridized carbons (Fsp3) is 0.600. The molecule has 186 valence electrons. The lowest BCUT2D eigenvalue weighted by Gasteiger charge is -2.36. The highest BCUT2D eigenvalue weighted by Crippen LogP contribution is 2.37. The summed E-state index contributed by atoms with van der Waals surface area (Å²) in [5, 5.41) is 0. The molecule has 35 heavy (non-hydrogen) atoms. The highest BCUT2D eigenvalue weighted by atomic mass is 16.5. The lowest BCUT2D eigenvalue weighted by Crippen LogP contribution is -2.46. The number of ether oxygens (including phenoxy) is 3. The zero-order chi connectivity index (χ0) is 23.8. The van der Waals surface area contributed by atoms with Gasteiger partial charge in [-0.1, -0.05) is 6.07 Å². The summed E-state index contributed by atoms with van der Waals surface area (Å²) in [6, 6.07) is 6.29. The van der Waals surface area contributed by atoms with Crippen LogP contribution in [0.2, 0.25) is 0 Å². The summed E-state index contributed by atoms with van der Waals surface area (Å²) in [5.74, 6) is 2.34. The summed E-state index contributed by atoms with van der Waals surface area (Å²) in [6.45, 7) is 9.23. The van der Waals surface area contributed by atoms with Crippen LogP contribution in [-0.2, 0) is 14.2 Å². The number of aromatic nitrogens is 5. The average Bonchev–Trinajstić information content (AvgIpc) is 3.29. The van der Waals surface area contributed by atoms with Crippen molar-refractivity contribution in [2.45, 2.75) is 51.4 Å². The number of hydrogen-bond donors (Lipinski definition) is 0. The maximum atomic E-state index is 6.27. The van der Waals surface area contributed by atoms with E-state index >= 15 is 0 Å². The lowest BCUT2D eigenvalue weighted by atomic mass is 10.2. The molecule has 0 saturated carbocycles. The van der Waals surface area contributed by atoms with Crippen molar-refractivity contribution < 1.29 is 14.2 Å². The Kier molecular flexibility index (Phi) is 6.26. The van der Waals surface area contributed by atoms with Gasteiger partial charge < -0.3 is 24.0 Å². The van der Waals surface area contributed by atoms with Crippen LogP contribution < -0.4 is 9.80 Å². The largest absolute Gasteiger partial charge is 0.377 e. The van der Waals surface area contributed by atoms with Crippen molar-refractivity contribution in [3.8, 4) is 11.5 Å². The minimum atomic E-state index is -0.134. The second kappa shape index (κ2) is 9.67. The first-order valence-corrected chi connectivity index (χ1v) is 12.7. The molecule has 0 radical (unpaired) electrons. The highest BCUT2D eigenvalue weighted by Gasteiger charge is 2.32. The van der Waals surface area contributed by atoms with Crippen molar-refractivity contribution >= 4 is 22.9 Å². The molecule has 3 aliphatic heterocycles. The lowest BCUT2D eigenvalue weighted by molar-refractivity contribution is -0.0288. The van der Waals surface area contributed by atoms with E-state index < -0.39 is 0 Å². The number of morpholine rings is 2.